The van der Waals surface area contributed by atoms with Crippen molar-refractivity contribution in [2.45, 2.75) is 18.9 Å². The van der Waals surface area contributed by atoms with Gasteiger partial charge in [-0.05, 0) is 40.0 Å². The summed E-state index contributed by atoms with van der Waals surface area (Å²) in [6, 6.07) is 0.724. The molecule has 0 saturated carbocycles. The van der Waals surface area contributed by atoms with E-state index in [0.717, 1.165) is 19.1 Å². The summed E-state index contributed by atoms with van der Waals surface area (Å²) >= 11 is 0. The number of hydrogen-bond donors (Lipinski definition) is 2. The zero-order valence-corrected chi connectivity index (χ0v) is 8.27. The van der Waals surface area contributed by atoms with Crippen LogP contribution in [0.5, 0.6) is 0 Å². The third-order valence-corrected chi connectivity index (χ3v) is 2.33. The maximum Gasteiger partial charge on any atom is 0.00918 e. The minimum absolute atomic E-state index is 0.724. The molecule has 12 heavy (non-hydrogen) atoms. The first kappa shape index (κ1) is 9.96. The Morgan fingerprint density at radius 1 is 1.25 bits per heavy atom. The van der Waals surface area contributed by atoms with E-state index in [1.54, 1.807) is 0 Å². The number of hydrogen-bond acceptors (Lipinski definition) is 3. The van der Waals surface area contributed by atoms with Crippen molar-refractivity contribution in [3.8, 4) is 0 Å². The monoisotopic (exact) mass is 171 g/mol. The molecule has 1 unspecified atom stereocenters. The van der Waals surface area contributed by atoms with Crippen LogP contribution in [0.15, 0.2) is 0 Å². The maximum atomic E-state index is 3.55. The van der Waals surface area contributed by atoms with Gasteiger partial charge < -0.3 is 15.5 Å². The number of nitrogens with one attached hydrogen (secondary N) is 2. The molecule has 0 aromatic rings. The SMILES string of the molecule is CN(C)CCC1CCNCCN1. The average Bonchev–Trinajstić information content (AvgIpc) is 2.28. The lowest BCUT2D eigenvalue weighted by Crippen LogP contribution is -2.32. The number of rotatable bonds is 3. The minimum Gasteiger partial charge on any atom is -0.315 e. The second-order valence-electron chi connectivity index (χ2n) is 3.78. The van der Waals surface area contributed by atoms with Crippen molar-refractivity contribution in [3.05, 3.63) is 0 Å². The summed E-state index contributed by atoms with van der Waals surface area (Å²) in [7, 11) is 4.27. The van der Waals surface area contributed by atoms with E-state index in [1.807, 2.05) is 0 Å². The molecule has 1 aliphatic heterocycles. The van der Waals surface area contributed by atoms with Crippen LogP contribution in [-0.2, 0) is 0 Å². The quantitative estimate of drug-likeness (QED) is 0.620. The zero-order chi connectivity index (χ0) is 8.81. The molecular weight excluding hydrogens is 150 g/mol. The zero-order valence-electron chi connectivity index (χ0n) is 8.27. The van der Waals surface area contributed by atoms with Gasteiger partial charge in [-0.25, -0.2) is 0 Å². The van der Waals surface area contributed by atoms with Gasteiger partial charge in [-0.1, -0.05) is 0 Å². The second-order valence-corrected chi connectivity index (χ2v) is 3.78. The Labute approximate surface area is 75.5 Å². The lowest BCUT2D eigenvalue weighted by molar-refractivity contribution is 0.357. The van der Waals surface area contributed by atoms with Gasteiger partial charge in [0, 0.05) is 19.1 Å². The average molecular weight is 171 g/mol. The van der Waals surface area contributed by atoms with Crippen LogP contribution in [0.4, 0.5) is 0 Å². The molecule has 1 fully saturated rings. The highest BCUT2D eigenvalue weighted by Crippen LogP contribution is 1.99. The molecule has 1 rings (SSSR count). The fraction of sp³-hybridized carbons (Fsp3) is 1.00. The van der Waals surface area contributed by atoms with E-state index in [-0.39, 0.29) is 0 Å². The molecule has 0 radical (unpaired) electrons. The normalized spacial score (nSPS) is 25.8. The molecule has 0 aliphatic carbocycles. The molecule has 1 aliphatic rings. The summed E-state index contributed by atoms with van der Waals surface area (Å²) in [6.45, 7) is 4.61. The van der Waals surface area contributed by atoms with Crippen LogP contribution in [0, 0.1) is 0 Å². The van der Waals surface area contributed by atoms with Crippen LogP contribution in [0.25, 0.3) is 0 Å². The standard InChI is InChI=1S/C9H21N3/c1-12(2)8-4-9-3-5-10-6-7-11-9/h9-11H,3-8H2,1-2H3. The van der Waals surface area contributed by atoms with Crippen LogP contribution in [0.2, 0.25) is 0 Å². The van der Waals surface area contributed by atoms with E-state index in [1.165, 1.54) is 25.9 Å². The summed E-state index contributed by atoms with van der Waals surface area (Å²) in [6.07, 6.45) is 2.54. The molecule has 72 valence electrons. The van der Waals surface area contributed by atoms with Crippen molar-refractivity contribution in [3.63, 3.8) is 0 Å². The second kappa shape index (κ2) is 5.51. The first-order chi connectivity index (χ1) is 5.79. The molecule has 0 amide bonds. The molecule has 2 N–H and O–H groups in total. The van der Waals surface area contributed by atoms with Gasteiger partial charge in [0.2, 0.25) is 0 Å². The van der Waals surface area contributed by atoms with Gasteiger partial charge in [0.25, 0.3) is 0 Å². The van der Waals surface area contributed by atoms with Crippen LogP contribution in [-0.4, -0.2) is 51.2 Å². The van der Waals surface area contributed by atoms with Crippen molar-refractivity contribution in [2.75, 3.05) is 40.3 Å². The minimum atomic E-state index is 0.724. The highest BCUT2D eigenvalue weighted by Gasteiger charge is 2.10. The van der Waals surface area contributed by atoms with Crippen LogP contribution in [0.3, 0.4) is 0 Å². The predicted octanol–water partition coefficient (Wildman–Crippen LogP) is -0.110. The fourth-order valence-corrected chi connectivity index (χ4v) is 1.53. The molecule has 1 heterocycles. The van der Waals surface area contributed by atoms with E-state index in [2.05, 4.69) is 29.6 Å². The highest BCUT2D eigenvalue weighted by molar-refractivity contribution is 4.73. The Hall–Kier alpha value is -0.120. The Morgan fingerprint density at radius 3 is 2.83 bits per heavy atom. The van der Waals surface area contributed by atoms with Gasteiger partial charge in [0.15, 0.2) is 0 Å². The van der Waals surface area contributed by atoms with Crippen LogP contribution in [0.1, 0.15) is 12.8 Å². The Kier molecular flexibility index (Phi) is 4.58. The van der Waals surface area contributed by atoms with Gasteiger partial charge in [-0.2, -0.15) is 0 Å². The molecule has 0 bridgehead atoms. The Bertz CT molecular complexity index is 106. The number of nitrogens with zero attached hydrogens (tertiary/aromatic N) is 1. The van der Waals surface area contributed by atoms with Crippen molar-refractivity contribution >= 4 is 0 Å². The Balaban J connectivity index is 2.12. The molecule has 3 heteroatoms. The van der Waals surface area contributed by atoms with Crippen molar-refractivity contribution in [1.29, 1.82) is 0 Å². The topological polar surface area (TPSA) is 27.3 Å². The summed E-state index contributed by atoms with van der Waals surface area (Å²) in [5, 5.41) is 6.94. The molecule has 1 saturated heterocycles. The molecule has 0 aromatic carbocycles. The van der Waals surface area contributed by atoms with Crippen LogP contribution < -0.4 is 10.6 Å². The third-order valence-electron chi connectivity index (χ3n) is 2.33. The van der Waals surface area contributed by atoms with Gasteiger partial charge in [-0.15, -0.1) is 0 Å². The van der Waals surface area contributed by atoms with Crippen molar-refractivity contribution in [1.82, 2.24) is 15.5 Å². The third kappa shape index (κ3) is 4.04. The first-order valence-corrected chi connectivity index (χ1v) is 4.88. The molecule has 3 nitrogen and oxygen atoms in total. The molecule has 0 aromatic heterocycles. The van der Waals surface area contributed by atoms with Gasteiger partial charge in [-0.3, -0.25) is 0 Å². The Morgan fingerprint density at radius 2 is 2.08 bits per heavy atom. The van der Waals surface area contributed by atoms with E-state index in [4.69, 9.17) is 0 Å². The predicted molar refractivity (Wildman–Crippen MR) is 52.4 cm³/mol. The fourth-order valence-electron chi connectivity index (χ4n) is 1.53. The summed E-state index contributed by atoms with van der Waals surface area (Å²) in [5.74, 6) is 0. The van der Waals surface area contributed by atoms with Crippen LogP contribution >= 0.6 is 0 Å². The van der Waals surface area contributed by atoms with Gasteiger partial charge in [0.1, 0.15) is 0 Å². The maximum absolute atomic E-state index is 3.55. The van der Waals surface area contributed by atoms with Crippen molar-refractivity contribution in [2.24, 2.45) is 0 Å². The van der Waals surface area contributed by atoms with E-state index in [9.17, 15) is 0 Å². The van der Waals surface area contributed by atoms with E-state index >= 15 is 0 Å². The summed E-state index contributed by atoms with van der Waals surface area (Å²) in [5.41, 5.74) is 0. The summed E-state index contributed by atoms with van der Waals surface area (Å²) < 4.78 is 0. The molecule has 1 atom stereocenters. The van der Waals surface area contributed by atoms with Gasteiger partial charge >= 0.3 is 0 Å². The van der Waals surface area contributed by atoms with E-state index < -0.39 is 0 Å². The molecule has 0 spiro atoms. The first-order valence-electron chi connectivity index (χ1n) is 4.88. The lowest BCUT2D eigenvalue weighted by atomic mass is 10.1. The highest BCUT2D eigenvalue weighted by atomic mass is 15.1. The smallest absolute Gasteiger partial charge is 0.00918 e. The lowest BCUT2D eigenvalue weighted by Gasteiger charge is -2.17. The van der Waals surface area contributed by atoms with E-state index in [0.29, 0.717) is 0 Å². The van der Waals surface area contributed by atoms with Crippen molar-refractivity contribution < 1.29 is 0 Å². The van der Waals surface area contributed by atoms with Gasteiger partial charge in [0.05, 0.1) is 0 Å². The summed E-state index contributed by atoms with van der Waals surface area (Å²) in [4.78, 5) is 2.25. The molecular formula is C9H21N3. The largest absolute Gasteiger partial charge is 0.315 e.